The topological polar surface area (TPSA) is 9.23 Å². The second-order valence-corrected chi connectivity index (χ2v) is 4.26. The summed E-state index contributed by atoms with van der Waals surface area (Å²) >= 11 is 0. The van der Waals surface area contributed by atoms with Crippen molar-refractivity contribution in [3.8, 4) is 5.75 Å². The van der Waals surface area contributed by atoms with E-state index in [0.717, 1.165) is 0 Å². The zero-order valence-electron chi connectivity index (χ0n) is 10.6. The fourth-order valence-corrected chi connectivity index (χ4v) is 1.38. The maximum absolute atomic E-state index is 13.1. The highest BCUT2D eigenvalue weighted by atomic mass is 19.4. The van der Waals surface area contributed by atoms with E-state index in [4.69, 9.17) is 0 Å². The van der Waals surface area contributed by atoms with Crippen LogP contribution in [0.25, 0.3) is 0 Å². The Morgan fingerprint density at radius 3 is 1.68 bits per heavy atom. The lowest BCUT2D eigenvalue weighted by atomic mass is 10.0. The van der Waals surface area contributed by atoms with Crippen molar-refractivity contribution in [1.29, 1.82) is 0 Å². The minimum atomic E-state index is -6.86. The highest BCUT2D eigenvalue weighted by Gasteiger charge is 2.81. The molecule has 0 heterocycles. The van der Waals surface area contributed by atoms with Crippen molar-refractivity contribution in [2.24, 2.45) is 0 Å². The number of ether oxygens (including phenoxy) is 1. The molecule has 10 heteroatoms. The molecule has 0 aliphatic heterocycles. The normalized spacial score (nSPS) is 14.0. The highest BCUT2D eigenvalue weighted by Crippen LogP contribution is 2.53. The van der Waals surface area contributed by atoms with E-state index in [0.29, 0.717) is 0 Å². The van der Waals surface area contributed by atoms with Gasteiger partial charge >= 0.3 is 23.9 Å². The number of hydrogen-bond acceptors (Lipinski definition) is 1. The zero-order valence-corrected chi connectivity index (χ0v) is 10.6. The largest absolute Gasteiger partial charge is 0.493 e. The van der Waals surface area contributed by atoms with Crippen LogP contribution in [0, 0.1) is 0 Å². The molecule has 0 atom stereocenters. The maximum atomic E-state index is 13.1. The third kappa shape index (κ3) is 3.41. The van der Waals surface area contributed by atoms with Gasteiger partial charge in [0, 0.05) is 0 Å². The fraction of sp³-hybridized carbons (Fsp3) is 0.500. The molecule has 126 valence electrons. The molecule has 0 aliphatic carbocycles. The van der Waals surface area contributed by atoms with E-state index < -0.39 is 37.0 Å². The smallest absolute Gasteiger partial charge is 0.460 e. The van der Waals surface area contributed by atoms with E-state index in [2.05, 4.69) is 4.74 Å². The van der Waals surface area contributed by atoms with E-state index in [9.17, 15) is 39.5 Å². The molecule has 0 saturated carbocycles. The molecule has 0 aliphatic rings. The summed E-state index contributed by atoms with van der Waals surface area (Å²) in [5.41, 5.74) is 0. The molecule has 0 N–H and O–H groups in total. The molecule has 0 aromatic heterocycles. The summed E-state index contributed by atoms with van der Waals surface area (Å²) in [6.07, 6.45) is -8.82. The molecular formula is C12H9F9O. The average molecular weight is 340 g/mol. The number of alkyl halides is 9. The number of halogens is 9. The number of benzene rings is 1. The molecule has 0 fully saturated rings. The van der Waals surface area contributed by atoms with Crippen LogP contribution in [0.4, 0.5) is 39.5 Å². The van der Waals surface area contributed by atoms with Gasteiger partial charge in [0.1, 0.15) is 5.75 Å². The SMILES string of the molecule is FC(F)(F)C(F)(F)C(F)(F)C(F)(F)CCOc1ccccc1. The Bertz CT molecular complexity index is 481. The summed E-state index contributed by atoms with van der Waals surface area (Å²) in [5.74, 6) is -19.1. The molecule has 22 heavy (non-hydrogen) atoms. The van der Waals surface area contributed by atoms with Crippen LogP contribution in [-0.2, 0) is 0 Å². The van der Waals surface area contributed by atoms with Crippen LogP contribution < -0.4 is 4.74 Å². The summed E-state index contributed by atoms with van der Waals surface area (Å²) in [6, 6.07) is 6.89. The van der Waals surface area contributed by atoms with Crippen LogP contribution in [0.1, 0.15) is 6.42 Å². The zero-order chi connectivity index (χ0) is 17.2. The van der Waals surface area contributed by atoms with Gasteiger partial charge in [-0.1, -0.05) is 18.2 Å². The predicted molar refractivity (Wildman–Crippen MR) is 57.5 cm³/mol. The van der Waals surface area contributed by atoms with Gasteiger partial charge < -0.3 is 4.74 Å². The minimum Gasteiger partial charge on any atom is -0.493 e. The molecule has 1 aromatic rings. The molecular weight excluding hydrogens is 331 g/mol. The quantitative estimate of drug-likeness (QED) is 0.668. The average Bonchev–Trinajstić information content (AvgIpc) is 2.38. The Morgan fingerprint density at radius 2 is 1.23 bits per heavy atom. The monoisotopic (exact) mass is 340 g/mol. The Hall–Kier alpha value is -1.61. The van der Waals surface area contributed by atoms with Gasteiger partial charge in [-0.05, 0) is 12.1 Å². The first kappa shape index (κ1) is 18.4. The van der Waals surface area contributed by atoms with E-state index in [1.165, 1.54) is 30.3 Å². The maximum Gasteiger partial charge on any atom is 0.460 e. The van der Waals surface area contributed by atoms with Crippen molar-refractivity contribution >= 4 is 0 Å². The Balaban J connectivity index is 2.79. The first-order valence-electron chi connectivity index (χ1n) is 5.71. The van der Waals surface area contributed by atoms with E-state index >= 15 is 0 Å². The first-order valence-corrected chi connectivity index (χ1v) is 5.71. The van der Waals surface area contributed by atoms with Crippen LogP contribution in [-0.4, -0.2) is 30.6 Å². The van der Waals surface area contributed by atoms with Crippen molar-refractivity contribution in [2.75, 3.05) is 6.61 Å². The molecule has 0 spiro atoms. The van der Waals surface area contributed by atoms with E-state index in [1.54, 1.807) is 0 Å². The molecule has 0 saturated heterocycles. The Morgan fingerprint density at radius 1 is 0.727 bits per heavy atom. The van der Waals surface area contributed by atoms with Gasteiger partial charge in [-0.15, -0.1) is 0 Å². The summed E-state index contributed by atoms with van der Waals surface area (Å²) < 4.78 is 117. The van der Waals surface area contributed by atoms with Crippen LogP contribution in [0.3, 0.4) is 0 Å². The molecule has 0 amide bonds. The molecule has 0 bridgehead atoms. The van der Waals surface area contributed by atoms with E-state index in [-0.39, 0.29) is 5.75 Å². The lowest BCUT2D eigenvalue weighted by Crippen LogP contribution is -2.61. The molecule has 1 rings (SSSR count). The molecule has 0 unspecified atom stereocenters. The van der Waals surface area contributed by atoms with Crippen molar-refractivity contribution < 1.29 is 44.3 Å². The Labute approximate surface area is 118 Å². The second-order valence-electron chi connectivity index (χ2n) is 4.26. The molecule has 1 aromatic carbocycles. The number of rotatable bonds is 6. The highest BCUT2D eigenvalue weighted by molar-refractivity contribution is 5.20. The van der Waals surface area contributed by atoms with Crippen molar-refractivity contribution in [1.82, 2.24) is 0 Å². The fourth-order valence-electron chi connectivity index (χ4n) is 1.38. The van der Waals surface area contributed by atoms with Crippen molar-refractivity contribution in [3.63, 3.8) is 0 Å². The van der Waals surface area contributed by atoms with Gasteiger partial charge in [-0.25, -0.2) is 0 Å². The van der Waals surface area contributed by atoms with Crippen LogP contribution in [0.15, 0.2) is 30.3 Å². The lowest BCUT2D eigenvalue weighted by Gasteiger charge is -2.33. The second kappa shape index (κ2) is 5.88. The molecule has 0 radical (unpaired) electrons. The van der Waals surface area contributed by atoms with Crippen LogP contribution >= 0.6 is 0 Å². The summed E-state index contributed by atoms with van der Waals surface area (Å²) in [6.45, 7) is -1.17. The Kier molecular flexibility index (Phi) is 4.93. The van der Waals surface area contributed by atoms with Gasteiger partial charge in [-0.2, -0.15) is 39.5 Å². The predicted octanol–water partition coefficient (Wildman–Crippen LogP) is 4.92. The number of hydrogen-bond donors (Lipinski definition) is 0. The van der Waals surface area contributed by atoms with Crippen molar-refractivity contribution in [2.45, 2.75) is 30.4 Å². The third-order valence-electron chi connectivity index (χ3n) is 2.64. The van der Waals surface area contributed by atoms with Gasteiger partial charge in [0.25, 0.3) is 0 Å². The van der Waals surface area contributed by atoms with Gasteiger partial charge in [0.05, 0.1) is 13.0 Å². The first-order chi connectivity index (χ1) is 9.83. The number of para-hydroxylation sites is 1. The summed E-state index contributed by atoms with van der Waals surface area (Å²) in [5, 5.41) is 0. The van der Waals surface area contributed by atoms with E-state index in [1.807, 2.05) is 0 Å². The van der Waals surface area contributed by atoms with Gasteiger partial charge in [0.2, 0.25) is 0 Å². The van der Waals surface area contributed by atoms with Crippen LogP contribution in [0.2, 0.25) is 0 Å². The van der Waals surface area contributed by atoms with Gasteiger partial charge in [0.15, 0.2) is 0 Å². The third-order valence-corrected chi connectivity index (χ3v) is 2.64. The lowest BCUT2D eigenvalue weighted by molar-refractivity contribution is -0.397. The van der Waals surface area contributed by atoms with Crippen molar-refractivity contribution in [3.05, 3.63) is 30.3 Å². The summed E-state index contributed by atoms with van der Waals surface area (Å²) in [4.78, 5) is 0. The van der Waals surface area contributed by atoms with Crippen LogP contribution in [0.5, 0.6) is 5.75 Å². The standard InChI is InChI=1S/C12H9F9O/c13-9(14,6-7-22-8-4-2-1-3-5-8)10(15,16)11(17,18)12(19,20)21/h1-5H,6-7H2. The minimum absolute atomic E-state index is 0.0239. The molecule has 1 nitrogen and oxygen atoms in total. The summed E-state index contributed by atoms with van der Waals surface area (Å²) in [7, 11) is 0. The van der Waals surface area contributed by atoms with Gasteiger partial charge in [-0.3, -0.25) is 0 Å².